The lowest BCUT2D eigenvalue weighted by molar-refractivity contribution is 0.0341. The maximum Gasteiger partial charge on any atom is 0.253 e. The van der Waals surface area contributed by atoms with Gasteiger partial charge in [-0.3, -0.25) is 9.69 Å². The number of nitrogens with zero attached hydrogens (tertiary/aromatic N) is 2. The van der Waals surface area contributed by atoms with Gasteiger partial charge in [0.15, 0.2) is 0 Å². The van der Waals surface area contributed by atoms with Gasteiger partial charge in [0, 0.05) is 50.4 Å². The summed E-state index contributed by atoms with van der Waals surface area (Å²) in [6, 6.07) is 9.74. The quantitative estimate of drug-likeness (QED) is 0.820. The van der Waals surface area contributed by atoms with E-state index in [2.05, 4.69) is 22.3 Å². The number of halogens is 2. The molecule has 1 N–H and O–H groups in total. The van der Waals surface area contributed by atoms with Crippen molar-refractivity contribution in [3.8, 4) is 0 Å². The van der Waals surface area contributed by atoms with E-state index >= 15 is 0 Å². The fourth-order valence-electron chi connectivity index (χ4n) is 4.53. The van der Waals surface area contributed by atoms with Crippen LogP contribution in [-0.4, -0.2) is 67.2 Å². The summed E-state index contributed by atoms with van der Waals surface area (Å²) in [5, 5.41) is 3.65. The molecule has 1 aromatic carbocycles. The number of fused-ring (bicyclic) bond motifs is 2. The van der Waals surface area contributed by atoms with Gasteiger partial charge in [0.2, 0.25) is 0 Å². The number of ether oxygens (including phenoxy) is 1. The lowest BCUT2D eigenvalue weighted by Crippen LogP contribution is -2.48. The normalized spacial score (nSPS) is 27.4. The second-order valence-electron chi connectivity index (χ2n) is 7.77. The fraction of sp³-hybridized carbons (Fsp3) is 0.650. The lowest BCUT2D eigenvalue weighted by atomic mass is 9.97. The first-order valence-electron chi connectivity index (χ1n) is 9.61. The van der Waals surface area contributed by atoms with Gasteiger partial charge in [-0.2, -0.15) is 0 Å². The first-order valence-corrected chi connectivity index (χ1v) is 9.61. The molecule has 0 aliphatic carbocycles. The predicted molar refractivity (Wildman–Crippen MR) is 112 cm³/mol. The van der Waals surface area contributed by atoms with Crippen molar-refractivity contribution in [2.75, 3.05) is 33.4 Å². The molecule has 0 saturated carbocycles. The van der Waals surface area contributed by atoms with Gasteiger partial charge in [-0.25, -0.2) is 0 Å². The molecular formula is C20H31Cl2N3O2. The molecule has 0 spiro atoms. The van der Waals surface area contributed by atoms with E-state index in [0.717, 1.165) is 51.3 Å². The molecule has 2 bridgehead atoms. The smallest absolute Gasteiger partial charge is 0.253 e. The average molecular weight is 416 g/mol. The third-order valence-electron chi connectivity index (χ3n) is 6.00. The van der Waals surface area contributed by atoms with Crippen molar-refractivity contribution in [3.05, 3.63) is 35.4 Å². The summed E-state index contributed by atoms with van der Waals surface area (Å²) >= 11 is 0. The van der Waals surface area contributed by atoms with E-state index in [-0.39, 0.29) is 30.7 Å². The van der Waals surface area contributed by atoms with E-state index in [0.29, 0.717) is 18.1 Å². The largest absolute Gasteiger partial charge is 0.379 e. The van der Waals surface area contributed by atoms with Crippen molar-refractivity contribution in [1.29, 1.82) is 0 Å². The Morgan fingerprint density at radius 3 is 2.52 bits per heavy atom. The number of hydrogen-bond donors (Lipinski definition) is 1. The highest BCUT2D eigenvalue weighted by molar-refractivity contribution is 5.94. The minimum absolute atomic E-state index is 0. The summed E-state index contributed by atoms with van der Waals surface area (Å²) in [6.45, 7) is 4.44. The third-order valence-corrected chi connectivity index (χ3v) is 6.00. The highest BCUT2D eigenvalue weighted by Crippen LogP contribution is 2.29. The van der Waals surface area contributed by atoms with Crippen molar-refractivity contribution >= 4 is 30.7 Å². The fourth-order valence-corrected chi connectivity index (χ4v) is 4.53. The molecule has 4 rings (SSSR count). The second-order valence-corrected chi connectivity index (χ2v) is 7.77. The van der Waals surface area contributed by atoms with Crippen LogP contribution in [0.4, 0.5) is 0 Å². The number of carbonyl (C=O) groups is 1. The van der Waals surface area contributed by atoms with Crippen LogP contribution in [0.15, 0.2) is 24.3 Å². The number of amides is 1. The molecule has 3 fully saturated rings. The third kappa shape index (κ3) is 5.36. The molecule has 0 radical (unpaired) electrons. The zero-order valence-electron chi connectivity index (χ0n) is 15.9. The Balaban J connectivity index is 0.00000131. The zero-order valence-corrected chi connectivity index (χ0v) is 17.6. The molecule has 3 heterocycles. The number of carbonyl (C=O) groups excluding carboxylic acids is 1. The van der Waals surface area contributed by atoms with Gasteiger partial charge in [-0.15, -0.1) is 24.8 Å². The van der Waals surface area contributed by atoms with Gasteiger partial charge in [-0.05, 0) is 43.4 Å². The summed E-state index contributed by atoms with van der Waals surface area (Å²) in [4.78, 5) is 17.4. The van der Waals surface area contributed by atoms with Crippen molar-refractivity contribution in [3.63, 3.8) is 0 Å². The molecule has 2 atom stereocenters. The van der Waals surface area contributed by atoms with Gasteiger partial charge in [-0.1, -0.05) is 12.1 Å². The summed E-state index contributed by atoms with van der Waals surface area (Å²) in [6.07, 6.45) is 4.70. The van der Waals surface area contributed by atoms with Crippen LogP contribution in [0.2, 0.25) is 0 Å². The minimum Gasteiger partial charge on any atom is -0.379 e. The molecule has 1 aromatic rings. The molecular weight excluding hydrogens is 385 g/mol. The number of hydrogen-bond acceptors (Lipinski definition) is 4. The van der Waals surface area contributed by atoms with E-state index in [1.807, 2.05) is 24.1 Å². The number of nitrogens with one attached hydrogen (secondary N) is 1. The van der Waals surface area contributed by atoms with Crippen LogP contribution < -0.4 is 5.32 Å². The van der Waals surface area contributed by atoms with Crippen LogP contribution in [0.3, 0.4) is 0 Å². The monoisotopic (exact) mass is 415 g/mol. The molecule has 3 aliphatic rings. The van der Waals surface area contributed by atoms with Gasteiger partial charge >= 0.3 is 0 Å². The Kier molecular flexibility index (Phi) is 8.38. The number of piperidine rings is 1. The van der Waals surface area contributed by atoms with Crippen molar-refractivity contribution < 1.29 is 9.53 Å². The molecule has 152 valence electrons. The predicted octanol–water partition coefficient (Wildman–Crippen LogP) is 2.72. The Morgan fingerprint density at radius 1 is 1.19 bits per heavy atom. The van der Waals surface area contributed by atoms with E-state index in [1.54, 1.807) is 0 Å². The maximum atomic E-state index is 13.0. The Labute approximate surface area is 174 Å². The van der Waals surface area contributed by atoms with Crippen LogP contribution >= 0.6 is 24.8 Å². The lowest BCUT2D eigenvalue weighted by Gasteiger charge is -2.35. The van der Waals surface area contributed by atoms with E-state index in [1.165, 1.54) is 18.4 Å². The topological polar surface area (TPSA) is 44.8 Å². The van der Waals surface area contributed by atoms with Crippen LogP contribution in [0.5, 0.6) is 0 Å². The molecule has 7 heteroatoms. The van der Waals surface area contributed by atoms with Crippen molar-refractivity contribution in [2.24, 2.45) is 0 Å². The van der Waals surface area contributed by atoms with Crippen LogP contribution in [0.25, 0.3) is 0 Å². The highest BCUT2D eigenvalue weighted by Gasteiger charge is 2.36. The van der Waals surface area contributed by atoms with Gasteiger partial charge in [0.05, 0.1) is 13.2 Å². The summed E-state index contributed by atoms with van der Waals surface area (Å²) in [5.74, 6) is 0.162. The second kappa shape index (κ2) is 10.1. The van der Waals surface area contributed by atoms with Crippen molar-refractivity contribution in [1.82, 2.24) is 15.1 Å². The van der Waals surface area contributed by atoms with Crippen molar-refractivity contribution in [2.45, 2.75) is 50.4 Å². The average Bonchev–Trinajstić information content (AvgIpc) is 2.99. The zero-order chi connectivity index (χ0) is 17.2. The maximum absolute atomic E-state index is 13.0. The summed E-state index contributed by atoms with van der Waals surface area (Å²) in [7, 11) is 1.98. The summed E-state index contributed by atoms with van der Waals surface area (Å²) < 4.78 is 5.41. The molecule has 0 aromatic heterocycles. The molecule has 27 heavy (non-hydrogen) atoms. The molecule has 1 amide bonds. The minimum atomic E-state index is 0. The molecule has 2 unspecified atom stereocenters. The van der Waals surface area contributed by atoms with E-state index in [9.17, 15) is 4.79 Å². The molecule has 5 nitrogen and oxygen atoms in total. The molecule has 3 saturated heterocycles. The van der Waals surface area contributed by atoms with E-state index < -0.39 is 0 Å². The first-order chi connectivity index (χ1) is 12.2. The van der Waals surface area contributed by atoms with Crippen LogP contribution in [0, 0.1) is 0 Å². The number of benzene rings is 1. The number of morpholine rings is 1. The number of rotatable bonds is 4. The highest BCUT2D eigenvalue weighted by atomic mass is 35.5. The standard InChI is InChI=1S/C20H29N3O2.2ClH/c1-22(19-12-17-5-6-18(13-19)21-17)20(24)16-4-2-3-15(11-16)14-23-7-9-25-10-8-23;;/h2-4,11,17-19,21H,5-10,12-14H2,1H3;2*1H. The summed E-state index contributed by atoms with van der Waals surface area (Å²) in [5.41, 5.74) is 2.03. The van der Waals surface area contributed by atoms with Crippen LogP contribution in [-0.2, 0) is 11.3 Å². The van der Waals surface area contributed by atoms with Crippen LogP contribution in [0.1, 0.15) is 41.6 Å². The Morgan fingerprint density at radius 2 is 1.85 bits per heavy atom. The Hall–Kier alpha value is -0.850. The first kappa shape index (κ1) is 22.4. The van der Waals surface area contributed by atoms with Gasteiger partial charge in [0.25, 0.3) is 5.91 Å². The Bertz CT molecular complexity index is 613. The molecule has 3 aliphatic heterocycles. The van der Waals surface area contributed by atoms with Gasteiger partial charge < -0.3 is 15.0 Å². The van der Waals surface area contributed by atoms with Gasteiger partial charge in [0.1, 0.15) is 0 Å². The SMILES string of the molecule is CN(C(=O)c1cccc(CN2CCOCC2)c1)C1CC2CCC(C1)N2.Cl.Cl. The van der Waals surface area contributed by atoms with E-state index in [4.69, 9.17) is 4.74 Å².